The minimum atomic E-state index is 0.589. The zero-order valence-corrected chi connectivity index (χ0v) is 9.65. The van der Waals surface area contributed by atoms with Crippen LogP contribution >= 0.6 is 0 Å². The molecule has 1 radical (unpaired) electrons. The molecule has 15 heavy (non-hydrogen) atoms. The Morgan fingerprint density at radius 2 is 1.87 bits per heavy atom. The maximum absolute atomic E-state index is 3.74. The van der Waals surface area contributed by atoms with Crippen LogP contribution in [0.3, 0.4) is 0 Å². The first-order valence-electron chi connectivity index (χ1n) is 6.70. The Balaban J connectivity index is 1.69. The summed E-state index contributed by atoms with van der Waals surface area (Å²) < 4.78 is 0. The lowest BCUT2D eigenvalue weighted by atomic mass is 9.66. The number of rotatable bonds is 2. The Bertz CT molecular complexity index is 208. The summed E-state index contributed by atoms with van der Waals surface area (Å²) in [6.07, 6.45) is 9.95. The summed E-state index contributed by atoms with van der Waals surface area (Å²) in [6.45, 7) is 3.70. The average Bonchev–Trinajstić information content (AvgIpc) is 3.07. The highest BCUT2D eigenvalue weighted by molar-refractivity contribution is 5.11. The molecular formula is C13H23N2. The van der Waals surface area contributed by atoms with Gasteiger partial charge in [0, 0.05) is 6.04 Å². The van der Waals surface area contributed by atoms with Crippen molar-refractivity contribution in [3.05, 3.63) is 6.04 Å². The highest BCUT2D eigenvalue weighted by atomic mass is 15.0. The zero-order valence-electron chi connectivity index (χ0n) is 9.65. The number of piperidine rings is 2. The average molecular weight is 207 g/mol. The van der Waals surface area contributed by atoms with Crippen molar-refractivity contribution >= 4 is 0 Å². The van der Waals surface area contributed by atoms with Gasteiger partial charge >= 0.3 is 0 Å². The fraction of sp³-hybridized carbons (Fsp3) is 0.923. The molecule has 3 aliphatic rings. The molecule has 2 heteroatoms. The molecule has 2 saturated heterocycles. The fourth-order valence-corrected chi connectivity index (χ4v) is 3.36. The Labute approximate surface area is 93.2 Å². The summed E-state index contributed by atoms with van der Waals surface area (Å²) in [5, 5.41) is 7.24. The summed E-state index contributed by atoms with van der Waals surface area (Å²) >= 11 is 0. The van der Waals surface area contributed by atoms with E-state index in [9.17, 15) is 0 Å². The summed E-state index contributed by atoms with van der Waals surface area (Å²) in [5.41, 5.74) is 0.589. The first-order valence-corrected chi connectivity index (χ1v) is 6.70. The topological polar surface area (TPSA) is 24.1 Å². The van der Waals surface area contributed by atoms with E-state index in [4.69, 9.17) is 0 Å². The molecule has 85 valence electrons. The lowest BCUT2D eigenvalue weighted by molar-refractivity contribution is 0.143. The zero-order chi connectivity index (χ0) is 10.1. The van der Waals surface area contributed by atoms with Gasteiger partial charge in [0.2, 0.25) is 0 Å². The van der Waals surface area contributed by atoms with Crippen LogP contribution in [0.1, 0.15) is 44.9 Å². The maximum atomic E-state index is 3.74. The van der Waals surface area contributed by atoms with E-state index in [0.717, 1.165) is 5.92 Å². The SMILES string of the molecule is C1CN[C](CC2CC2)C2(C1)CCNCC2. The van der Waals surface area contributed by atoms with Crippen LogP contribution in [-0.4, -0.2) is 19.6 Å². The van der Waals surface area contributed by atoms with Gasteiger partial charge in [0.05, 0.1) is 0 Å². The van der Waals surface area contributed by atoms with Crippen molar-refractivity contribution < 1.29 is 0 Å². The van der Waals surface area contributed by atoms with Crippen molar-refractivity contribution in [3.8, 4) is 0 Å². The van der Waals surface area contributed by atoms with Gasteiger partial charge in [0.1, 0.15) is 0 Å². The molecule has 1 spiro atoms. The Hall–Kier alpha value is -0.0800. The van der Waals surface area contributed by atoms with Crippen LogP contribution in [0.15, 0.2) is 0 Å². The molecule has 2 nitrogen and oxygen atoms in total. The lowest BCUT2D eigenvalue weighted by Crippen LogP contribution is -2.49. The van der Waals surface area contributed by atoms with Crippen molar-refractivity contribution in [2.45, 2.75) is 44.9 Å². The van der Waals surface area contributed by atoms with E-state index in [-0.39, 0.29) is 0 Å². The summed E-state index contributed by atoms with van der Waals surface area (Å²) in [7, 11) is 0. The predicted octanol–water partition coefficient (Wildman–Crippen LogP) is 2.07. The summed E-state index contributed by atoms with van der Waals surface area (Å²) in [6, 6.07) is 1.73. The van der Waals surface area contributed by atoms with E-state index in [1.54, 1.807) is 6.04 Å². The molecule has 2 heterocycles. The molecule has 0 bridgehead atoms. The van der Waals surface area contributed by atoms with Crippen LogP contribution in [0.25, 0.3) is 0 Å². The molecule has 3 fully saturated rings. The molecule has 0 amide bonds. The smallest absolute Gasteiger partial charge is 0.0430 e. The van der Waals surface area contributed by atoms with E-state index in [1.165, 1.54) is 64.6 Å². The first kappa shape index (κ1) is 10.1. The fourth-order valence-electron chi connectivity index (χ4n) is 3.36. The van der Waals surface area contributed by atoms with Gasteiger partial charge in [-0.3, -0.25) is 0 Å². The lowest BCUT2D eigenvalue weighted by Gasteiger charge is -2.47. The quantitative estimate of drug-likeness (QED) is 0.724. The van der Waals surface area contributed by atoms with Crippen molar-refractivity contribution in [1.82, 2.24) is 10.6 Å². The molecule has 0 atom stereocenters. The third-order valence-electron chi connectivity index (χ3n) is 4.56. The molecule has 1 saturated carbocycles. The number of hydrogen-bond acceptors (Lipinski definition) is 2. The molecule has 2 aliphatic heterocycles. The van der Waals surface area contributed by atoms with Gasteiger partial charge in [-0.15, -0.1) is 0 Å². The monoisotopic (exact) mass is 207 g/mol. The third kappa shape index (κ3) is 2.07. The van der Waals surface area contributed by atoms with Gasteiger partial charge < -0.3 is 10.6 Å². The number of nitrogens with one attached hydrogen (secondary N) is 2. The minimum Gasteiger partial charge on any atom is -0.317 e. The van der Waals surface area contributed by atoms with Gasteiger partial charge in [-0.05, 0) is 63.1 Å². The van der Waals surface area contributed by atoms with Crippen LogP contribution in [-0.2, 0) is 0 Å². The second-order valence-corrected chi connectivity index (χ2v) is 5.69. The molecule has 0 unspecified atom stereocenters. The summed E-state index contributed by atoms with van der Waals surface area (Å²) in [4.78, 5) is 0. The second kappa shape index (κ2) is 4.06. The molecule has 1 aliphatic carbocycles. The van der Waals surface area contributed by atoms with Crippen LogP contribution in [0.4, 0.5) is 0 Å². The van der Waals surface area contributed by atoms with E-state index in [1.807, 2.05) is 0 Å². The largest absolute Gasteiger partial charge is 0.317 e. The van der Waals surface area contributed by atoms with Crippen molar-refractivity contribution in [2.24, 2.45) is 11.3 Å². The Morgan fingerprint density at radius 3 is 2.60 bits per heavy atom. The molecule has 0 aromatic rings. The van der Waals surface area contributed by atoms with Gasteiger partial charge in [0.25, 0.3) is 0 Å². The highest BCUT2D eigenvalue weighted by Crippen LogP contribution is 2.49. The molecular weight excluding hydrogens is 184 g/mol. The highest BCUT2D eigenvalue weighted by Gasteiger charge is 2.43. The molecule has 2 N–H and O–H groups in total. The Kier molecular flexibility index (Phi) is 2.73. The van der Waals surface area contributed by atoms with Gasteiger partial charge in [0.15, 0.2) is 0 Å². The standard InChI is InChI=1S/C13H23N2/c1-4-13(5-8-14-9-6-13)12(15-7-1)10-11-2-3-11/h11,14-15H,1-10H2. The van der Waals surface area contributed by atoms with Crippen LogP contribution in [0, 0.1) is 17.4 Å². The van der Waals surface area contributed by atoms with Crippen LogP contribution in [0.5, 0.6) is 0 Å². The van der Waals surface area contributed by atoms with Crippen molar-refractivity contribution in [1.29, 1.82) is 0 Å². The van der Waals surface area contributed by atoms with E-state index < -0.39 is 0 Å². The molecule has 0 aromatic heterocycles. The van der Waals surface area contributed by atoms with E-state index in [2.05, 4.69) is 10.6 Å². The van der Waals surface area contributed by atoms with Gasteiger partial charge in [-0.1, -0.05) is 12.8 Å². The van der Waals surface area contributed by atoms with Crippen molar-refractivity contribution in [2.75, 3.05) is 19.6 Å². The predicted molar refractivity (Wildman–Crippen MR) is 62.4 cm³/mol. The van der Waals surface area contributed by atoms with Gasteiger partial charge in [-0.2, -0.15) is 0 Å². The third-order valence-corrected chi connectivity index (χ3v) is 4.56. The Morgan fingerprint density at radius 1 is 1.07 bits per heavy atom. The van der Waals surface area contributed by atoms with E-state index >= 15 is 0 Å². The second-order valence-electron chi connectivity index (χ2n) is 5.69. The maximum Gasteiger partial charge on any atom is 0.0430 e. The van der Waals surface area contributed by atoms with Crippen LogP contribution < -0.4 is 10.6 Å². The number of hydrogen-bond donors (Lipinski definition) is 2. The minimum absolute atomic E-state index is 0.589. The van der Waals surface area contributed by atoms with Crippen LogP contribution in [0.2, 0.25) is 0 Å². The molecule has 0 aromatic carbocycles. The van der Waals surface area contributed by atoms with E-state index in [0.29, 0.717) is 5.41 Å². The van der Waals surface area contributed by atoms with Gasteiger partial charge in [-0.25, -0.2) is 0 Å². The summed E-state index contributed by atoms with van der Waals surface area (Å²) in [5.74, 6) is 1.04. The van der Waals surface area contributed by atoms with Crippen molar-refractivity contribution in [3.63, 3.8) is 0 Å². The normalized spacial score (nSPS) is 32.0. The molecule has 3 rings (SSSR count). The first-order chi connectivity index (χ1) is 7.39.